The monoisotopic (exact) mass is 348 g/mol. The maximum absolute atomic E-state index is 13.9. The molecule has 1 aromatic carbocycles. The van der Waals surface area contributed by atoms with E-state index in [0.29, 0.717) is 5.56 Å². The summed E-state index contributed by atoms with van der Waals surface area (Å²) >= 11 is 0. The third kappa shape index (κ3) is 2.98. The van der Waals surface area contributed by atoms with E-state index in [0.717, 1.165) is 18.2 Å². The molecule has 0 nitrogen and oxygen atoms in total. The third-order valence-electron chi connectivity index (χ3n) is 4.27. The van der Waals surface area contributed by atoms with E-state index >= 15 is 0 Å². The van der Waals surface area contributed by atoms with Crippen LogP contribution in [-0.4, -0.2) is 12.4 Å². The highest BCUT2D eigenvalue weighted by Crippen LogP contribution is 2.59. The van der Waals surface area contributed by atoms with Gasteiger partial charge in [0.25, 0.3) is 0 Å². The lowest BCUT2D eigenvalue weighted by Crippen LogP contribution is -2.56. The molecular weight excluding hydrogens is 330 g/mol. The van der Waals surface area contributed by atoms with E-state index < -0.39 is 34.3 Å². The van der Waals surface area contributed by atoms with Crippen LogP contribution in [0.2, 0.25) is 0 Å². The van der Waals surface area contributed by atoms with Crippen molar-refractivity contribution in [3.8, 4) is 0 Å². The molecule has 0 aromatic heterocycles. The summed E-state index contributed by atoms with van der Waals surface area (Å²) in [6.45, 7) is 4.70. The highest BCUT2D eigenvalue weighted by molar-refractivity contribution is 5.46. The standard InChI is InChI=1S/C18H18F6/c1-12-6-4-7-13(10-12)16(17(19,20)21,18(22,23)24)14-8-5-9-15(2,3)11-14/h4-10H,11H2,1-3H3. The minimum absolute atomic E-state index is 0.323. The van der Waals surface area contributed by atoms with Gasteiger partial charge in [-0.25, -0.2) is 0 Å². The maximum atomic E-state index is 13.9. The Labute approximate surface area is 136 Å². The molecule has 0 atom stereocenters. The van der Waals surface area contributed by atoms with Crippen LogP contribution in [0.25, 0.3) is 0 Å². The first kappa shape index (κ1) is 18.6. The average Bonchev–Trinajstić information content (AvgIpc) is 2.34. The Hall–Kier alpha value is -1.72. The normalized spacial score (nSPS) is 18.5. The van der Waals surface area contributed by atoms with Gasteiger partial charge in [-0.15, -0.1) is 0 Å². The SMILES string of the molecule is Cc1cccc(C(C2=CC=CC(C)(C)C2)(C(F)(F)F)C(F)(F)F)c1. The fourth-order valence-electron chi connectivity index (χ4n) is 3.21. The van der Waals surface area contributed by atoms with Crippen molar-refractivity contribution in [3.63, 3.8) is 0 Å². The van der Waals surface area contributed by atoms with Gasteiger partial charge in [0.2, 0.25) is 5.41 Å². The Morgan fingerprint density at radius 1 is 0.958 bits per heavy atom. The molecule has 0 heterocycles. The number of hydrogen-bond donors (Lipinski definition) is 0. The number of hydrogen-bond acceptors (Lipinski definition) is 0. The zero-order chi connectivity index (χ0) is 18.4. The molecule has 1 aliphatic rings. The van der Waals surface area contributed by atoms with Gasteiger partial charge in [-0.2, -0.15) is 26.3 Å². The minimum Gasteiger partial charge on any atom is -0.169 e. The number of benzene rings is 1. The molecule has 6 heteroatoms. The van der Waals surface area contributed by atoms with Gasteiger partial charge in [-0.3, -0.25) is 0 Å². The van der Waals surface area contributed by atoms with Crippen LogP contribution < -0.4 is 0 Å². The number of allylic oxidation sites excluding steroid dienone is 4. The second-order valence-corrected chi connectivity index (χ2v) is 6.83. The van der Waals surface area contributed by atoms with E-state index in [1.165, 1.54) is 25.1 Å². The number of halogens is 6. The van der Waals surface area contributed by atoms with E-state index in [2.05, 4.69) is 0 Å². The number of rotatable bonds is 2. The zero-order valence-corrected chi connectivity index (χ0v) is 13.5. The summed E-state index contributed by atoms with van der Waals surface area (Å²) in [6.07, 6.45) is -7.49. The van der Waals surface area contributed by atoms with Crippen molar-refractivity contribution < 1.29 is 26.3 Å². The molecule has 24 heavy (non-hydrogen) atoms. The molecule has 0 aliphatic heterocycles. The van der Waals surface area contributed by atoms with Crippen molar-refractivity contribution in [1.82, 2.24) is 0 Å². The fraction of sp³-hybridized carbons (Fsp3) is 0.444. The summed E-state index contributed by atoms with van der Waals surface area (Å²) in [6, 6.07) is 4.56. The summed E-state index contributed by atoms with van der Waals surface area (Å²) in [4.78, 5) is 0. The highest BCUT2D eigenvalue weighted by atomic mass is 19.4. The largest absolute Gasteiger partial charge is 0.410 e. The van der Waals surface area contributed by atoms with Crippen LogP contribution in [0.5, 0.6) is 0 Å². The topological polar surface area (TPSA) is 0 Å². The highest BCUT2D eigenvalue weighted by Gasteiger charge is 2.73. The molecular formula is C18H18F6. The molecule has 0 fully saturated rings. The van der Waals surface area contributed by atoms with Crippen molar-refractivity contribution in [3.05, 3.63) is 59.2 Å². The van der Waals surface area contributed by atoms with Gasteiger partial charge in [-0.1, -0.05) is 61.9 Å². The number of aryl methyl sites for hydroxylation is 1. The predicted molar refractivity (Wildman–Crippen MR) is 80.6 cm³/mol. The van der Waals surface area contributed by atoms with Crippen LogP contribution in [0.1, 0.15) is 31.4 Å². The molecule has 1 aliphatic carbocycles. The molecule has 0 radical (unpaired) electrons. The average molecular weight is 348 g/mol. The summed E-state index contributed by atoms with van der Waals surface area (Å²) in [5.74, 6) is 0. The second-order valence-electron chi connectivity index (χ2n) is 6.83. The van der Waals surface area contributed by atoms with Gasteiger partial charge in [-0.05, 0) is 29.9 Å². The van der Waals surface area contributed by atoms with Gasteiger partial charge >= 0.3 is 12.4 Å². The van der Waals surface area contributed by atoms with Crippen molar-refractivity contribution >= 4 is 0 Å². The quantitative estimate of drug-likeness (QED) is 0.553. The first-order chi connectivity index (χ1) is 10.8. The Morgan fingerprint density at radius 3 is 2.00 bits per heavy atom. The predicted octanol–water partition coefficient (Wildman–Crippen LogP) is 6.27. The van der Waals surface area contributed by atoms with Gasteiger partial charge in [0.05, 0.1) is 0 Å². The molecule has 0 unspecified atom stereocenters. The molecule has 0 saturated carbocycles. The summed E-state index contributed by atoms with van der Waals surface area (Å²) in [5, 5.41) is 0. The fourth-order valence-corrected chi connectivity index (χ4v) is 3.21. The lowest BCUT2D eigenvalue weighted by atomic mass is 9.66. The number of alkyl halides is 6. The van der Waals surface area contributed by atoms with Crippen LogP contribution in [0.15, 0.2) is 48.1 Å². The first-order valence-electron chi connectivity index (χ1n) is 7.41. The van der Waals surface area contributed by atoms with Crippen LogP contribution in [0.3, 0.4) is 0 Å². The lowest BCUT2D eigenvalue weighted by molar-refractivity contribution is -0.291. The van der Waals surface area contributed by atoms with E-state index in [-0.39, 0.29) is 6.42 Å². The van der Waals surface area contributed by atoms with Gasteiger partial charge in [0.1, 0.15) is 0 Å². The maximum Gasteiger partial charge on any atom is 0.410 e. The molecule has 1 aromatic rings. The van der Waals surface area contributed by atoms with Crippen LogP contribution in [0.4, 0.5) is 26.3 Å². The van der Waals surface area contributed by atoms with Crippen LogP contribution >= 0.6 is 0 Å². The Morgan fingerprint density at radius 2 is 1.54 bits per heavy atom. The van der Waals surface area contributed by atoms with Gasteiger partial charge < -0.3 is 0 Å². The van der Waals surface area contributed by atoms with Gasteiger partial charge in [0.15, 0.2) is 0 Å². The van der Waals surface area contributed by atoms with E-state index in [1.807, 2.05) is 0 Å². The summed E-state index contributed by atoms with van der Waals surface area (Å²) in [7, 11) is 0. The zero-order valence-electron chi connectivity index (χ0n) is 13.5. The third-order valence-corrected chi connectivity index (χ3v) is 4.27. The van der Waals surface area contributed by atoms with E-state index in [4.69, 9.17) is 0 Å². The van der Waals surface area contributed by atoms with E-state index in [9.17, 15) is 26.3 Å². The van der Waals surface area contributed by atoms with Crippen LogP contribution in [0, 0.1) is 12.3 Å². The Kier molecular flexibility index (Phi) is 4.40. The molecule has 0 saturated heterocycles. The minimum atomic E-state index is -5.51. The van der Waals surface area contributed by atoms with Crippen molar-refractivity contribution in [1.29, 1.82) is 0 Å². The second kappa shape index (κ2) is 5.67. The Balaban J connectivity index is 2.84. The molecule has 0 N–H and O–H groups in total. The van der Waals surface area contributed by atoms with Crippen molar-refractivity contribution in [2.45, 2.75) is 45.0 Å². The summed E-state index contributed by atoms with van der Waals surface area (Å²) < 4.78 is 83.6. The molecule has 0 amide bonds. The van der Waals surface area contributed by atoms with Crippen LogP contribution in [-0.2, 0) is 5.41 Å². The smallest absolute Gasteiger partial charge is 0.169 e. The lowest BCUT2D eigenvalue weighted by Gasteiger charge is -2.42. The molecule has 0 spiro atoms. The molecule has 0 bridgehead atoms. The molecule has 2 rings (SSSR count). The van der Waals surface area contributed by atoms with Crippen molar-refractivity contribution in [2.24, 2.45) is 5.41 Å². The summed E-state index contributed by atoms with van der Waals surface area (Å²) in [5.41, 5.74) is -5.92. The van der Waals surface area contributed by atoms with Crippen molar-refractivity contribution in [2.75, 3.05) is 0 Å². The van der Waals surface area contributed by atoms with Gasteiger partial charge in [0, 0.05) is 0 Å². The van der Waals surface area contributed by atoms with E-state index in [1.54, 1.807) is 19.9 Å². The Bertz CT molecular complexity index is 659. The molecule has 132 valence electrons. The first-order valence-corrected chi connectivity index (χ1v) is 7.41.